The molecule has 1 saturated carbocycles. The fourth-order valence-electron chi connectivity index (χ4n) is 1.77. The summed E-state index contributed by atoms with van der Waals surface area (Å²) in [4.78, 5) is 4.38. The molecule has 1 fully saturated rings. The maximum Gasteiger partial charge on any atom is 0.243 e. The van der Waals surface area contributed by atoms with Crippen LogP contribution in [0.25, 0.3) is 11.0 Å². The first-order valence-electron chi connectivity index (χ1n) is 5.80. The second kappa shape index (κ2) is 4.45. The van der Waals surface area contributed by atoms with Crippen molar-refractivity contribution >= 4 is 28.6 Å². The standard InChI is InChI=1S/C12H13ClN4/c13-9(8-5-6-8)7-14-12-15-10-3-1-2-4-11(10)16-17-12/h1-4,8-9H,5-7H2,(H,14,15,17). The summed E-state index contributed by atoms with van der Waals surface area (Å²) in [6.45, 7) is 0.701. The predicted molar refractivity (Wildman–Crippen MR) is 68.2 cm³/mol. The molecule has 1 aliphatic rings. The fraction of sp³-hybridized carbons (Fsp3) is 0.417. The topological polar surface area (TPSA) is 50.7 Å². The normalized spacial score (nSPS) is 17.0. The minimum atomic E-state index is 0.171. The number of nitrogens with one attached hydrogen (secondary N) is 1. The maximum absolute atomic E-state index is 6.21. The summed E-state index contributed by atoms with van der Waals surface area (Å²) in [5.74, 6) is 1.22. The number of fused-ring (bicyclic) bond motifs is 1. The fourth-order valence-corrected chi connectivity index (χ4v) is 2.10. The van der Waals surface area contributed by atoms with Gasteiger partial charge in [-0.2, -0.15) is 0 Å². The van der Waals surface area contributed by atoms with E-state index in [2.05, 4.69) is 20.5 Å². The first kappa shape index (κ1) is 10.7. The number of hydrogen-bond acceptors (Lipinski definition) is 4. The Morgan fingerprint density at radius 3 is 2.76 bits per heavy atom. The average Bonchev–Trinajstić information content (AvgIpc) is 3.20. The van der Waals surface area contributed by atoms with Gasteiger partial charge in [-0.3, -0.25) is 0 Å². The molecule has 3 rings (SSSR count). The molecular formula is C12H13ClN4. The molecule has 5 heteroatoms. The van der Waals surface area contributed by atoms with E-state index in [9.17, 15) is 0 Å². The summed E-state index contributed by atoms with van der Waals surface area (Å²) in [6, 6.07) is 7.69. The van der Waals surface area contributed by atoms with Gasteiger partial charge in [0, 0.05) is 6.54 Å². The van der Waals surface area contributed by atoms with Crippen LogP contribution in [0.4, 0.5) is 5.95 Å². The molecule has 1 atom stereocenters. The number of nitrogens with zero attached hydrogens (tertiary/aromatic N) is 3. The highest BCUT2D eigenvalue weighted by molar-refractivity contribution is 6.21. The van der Waals surface area contributed by atoms with Crippen molar-refractivity contribution in [3.8, 4) is 0 Å². The van der Waals surface area contributed by atoms with Gasteiger partial charge in [0.05, 0.1) is 10.9 Å². The predicted octanol–water partition coefficient (Wildman–Crippen LogP) is 2.45. The van der Waals surface area contributed by atoms with Crippen molar-refractivity contribution in [2.24, 2.45) is 5.92 Å². The van der Waals surface area contributed by atoms with E-state index in [1.807, 2.05) is 24.3 Å². The van der Waals surface area contributed by atoms with Crippen molar-refractivity contribution in [3.63, 3.8) is 0 Å². The second-order valence-electron chi connectivity index (χ2n) is 4.36. The number of benzene rings is 1. The van der Waals surface area contributed by atoms with Gasteiger partial charge in [0.15, 0.2) is 0 Å². The number of hydrogen-bond donors (Lipinski definition) is 1. The van der Waals surface area contributed by atoms with Crippen molar-refractivity contribution in [3.05, 3.63) is 24.3 Å². The summed E-state index contributed by atoms with van der Waals surface area (Å²) in [5.41, 5.74) is 1.66. The smallest absolute Gasteiger partial charge is 0.243 e. The van der Waals surface area contributed by atoms with E-state index < -0.39 is 0 Å². The Labute approximate surface area is 104 Å². The average molecular weight is 249 g/mol. The lowest BCUT2D eigenvalue weighted by molar-refractivity contribution is 0.764. The zero-order valence-electron chi connectivity index (χ0n) is 9.31. The Morgan fingerprint density at radius 2 is 2.00 bits per heavy atom. The maximum atomic E-state index is 6.21. The van der Waals surface area contributed by atoms with E-state index in [-0.39, 0.29) is 5.38 Å². The minimum absolute atomic E-state index is 0.171. The lowest BCUT2D eigenvalue weighted by atomic mass is 10.3. The van der Waals surface area contributed by atoms with Crippen LogP contribution in [0, 0.1) is 5.92 Å². The molecule has 88 valence electrons. The van der Waals surface area contributed by atoms with Crippen LogP contribution >= 0.6 is 11.6 Å². The zero-order valence-corrected chi connectivity index (χ0v) is 10.1. The van der Waals surface area contributed by atoms with Crippen LogP contribution in [-0.2, 0) is 0 Å². The van der Waals surface area contributed by atoms with Gasteiger partial charge in [0.1, 0.15) is 5.52 Å². The van der Waals surface area contributed by atoms with Crippen molar-refractivity contribution < 1.29 is 0 Å². The molecule has 0 bridgehead atoms. The molecule has 0 aliphatic heterocycles. The molecule has 1 aromatic carbocycles. The van der Waals surface area contributed by atoms with Crippen LogP contribution < -0.4 is 5.32 Å². The zero-order chi connectivity index (χ0) is 11.7. The third-order valence-electron chi connectivity index (χ3n) is 2.95. The first-order chi connectivity index (χ1) is 8.33. The largest absolute Gasteiger partial charge is 0.351 e. The third-order valence-corrected chi connectivity index (χ3v) is 3.46. The van der Waals surface area contributed by atoms with Crippen LogP contribution in [0.1, 0.15) is 12.8 Å². The highest BCUT2D eigenvalue weighted by Crippen LogP contribution is 2.35. The Balaban J connectivity index is 1.71. The Morgan fingerprint density at radius 1 is 1.24 bits per heavy atom. The van der Waals surface area contributed by atoms with Gasteiger partial charge in [0.25, 0.3) is 0 Å². The van der Waals surface area contributed by atoms with Crippen molar-refractivity contribution in [1.29, 1.82) is 0 Å². The monoisotopic (exact) mass is 248 g/mol. The molecule has 17 heavy (non-hydrogen) atoms. The molecule has 1 heterocycles. The lowest BCUT2D eigenvalue weighted by Gasteiger charge is -2.09. The van der Waals surface area contributed by atoms with Gasteiger partial charge in [-0.1, -0.05) is 12.1 Å². The number of para-hydroxylation sites is 1. The molecule has 1 aliphatic carbocycles. The van der Waals surface area contributed by atoms with E-state index in [0.717, 1.165) is 11.0 Å². The van der Waals surface area contributed by atoms with E-state index in [1.165, 1.54) is 12.8 Å². The van der Waals surface area contributed by atoms with Gasteiger partial charge >= 0.3 is 0 Å². The number of alkyl halides is 1. The SMILES string of the molecule is ClC(CNc1nnc2ccccc2n1)C1CC1. The lowest BCUT2D eigenvalue weighted by Crippen LogP contribution is -2.17. The Bertz CT molecular complexity index is 527. The van der Waals surface area contributed by atoms with Gasteiger partial charge in [0.2, 0.25) is 5.95 Å². The molecule has 2 aromatic rings. The minimum Gasteiger partial charge on any atom is -0.351 e. The molecule has 0 spiro atoms. The van der Waals surface area contributed by atoms with Crippen molar-refractivity contribution in [2.75, 3.05) is 11.9 Å². The highest BCUT2D eigenvalue weighted by atomic mass is 35.5. The Hall–Kier alpha value is -1.42. The van der Waals surface area contributed by atoms with Crippen LogP contribution in [0.3, 0.4) is 0 Å². The molecular weight excluding hydrogens is 236 g/mol. The van der Waals surface area contributed by atoms with Crippen LogP contribution in [0.5, 0.6) is 0 Å². The van der Waals surface area contributed by atoms with Crippen molar-refractivity contribution in [1.82, 2.24) is 15.2 Å². The third kappa shape index (κ3) is 2.47. The quantitative estimate of drug-likeness (QED) is 0.845. The summed E-state index contributed by atoms with van der Waals surface area (Å²) in [6.07, 6.45) is 2.49. The van der Waals surface area contributed by atoms with Gasteiger partial charge in [-0.25, -0.2) is 4.98 Å². The molecule has 1 aromatic heterocycles. The van der Waals surface area contributed by atoms with Gasteiger partial charge in [-0.05, 0) is 30.9 Å². The number of aromatic nitrogens is 3. The number of rotatable bonds is 4. The molecule has 1 N–H and O–H groups in total. The molecule has 0 saturated heterocycles. The second-order valence-corrected chi connectivity index (χ2v) is 4.92. The summed E-state index contributed by atoms with van der Waals surface area (Å²) >= 11 is 6.21. The van der Waals surface area contributed by atoms with Crippen LogP contribution in [0.2, 0.25) is 0 Å². The van der Waals surface area contributed by atoms with Crippen LogP contribution in [0.15, 0.2) is 24.3 Å². The van der Waals surface area contributed by atoms with E-state index >= 15 is 0 Å². The number of anilines is 1. The van der Waals surface area contributed by atoms with E-state index in [4.69, 9.17) is 11.6 Å². The summed E-state index contributed by atoms with van der Waals surface area (Å²) in [7, 11) is 0. The molecule has 1 unspecified atom stereocenters. The highest BCUT2D eigenvalue weighted by Gasteiger charge is 2.29. The molecule has 0 amide bonds. The van der Waals surface area contributed by atoms with E-state index in [0.29, 0.717) is 18.4 Å². The Kier molecular flexibility index (Phi) is 2.81. The van der Waals surface area contributed by atoms with Crippen LogP contribution in [-0.4, -0.2) is 27.1 Å². The molecule has 4 nitrogen and oxygen atoms in total. The van der Waals surface area contributed by atoms with Gasteiger partial charge < -0.3 is 5.32 Å². The summed E-state index contributed by atoms with van der Waals surface area (Å²) in [5, 5.41) is 11.4. The van der Waals surface area contributed by atoms with E-state index in [1.54, 1.807) is 0 Å². The molecule has 0 radical (unpaired) electrons. The first-order valence-corrected chi connectivity index (χ1v) is 6.24. The summed E-state index contributed by atoms with van der Waals surface area (Å²) < 4.78 is 0. The van der Waals surface area contributed by atoms with Gasteiger partial charge in [-0.15, -0.1) is 21.8 Å². The van der Waals surface area contributed by atoms with Crippen molar-refractivity contribution in [2.45, 2.75) is 18.2 Å². The number of halogens is 1.